The van der Waals surface area contributed by atoms with Gasteiger partial charge in [-0.2, -0.15) is 0 Å². The zero-order valence-corrected chi connectivity index (χ0v) is 16.4. The molecule has 0 aromatic rings. The van der Waals surface area contributed by atoms with Crippen molar-refractivity contribution in [1.82, 2.24) is 10.6 Å². The lowest BCUT2D eigenvalue weighted by Crippen LogP contribution is -2.52. The van der Waals surface area contributed by atoms with Gasteiger partial charge in [0.15, 0.2) is 5.78 Å². The van der Waals surface area contributed by atoms with Crippen molar-refractivity contribution >= 4 is 19.5 Å². The van der Waals surface area contributed by atoms with Gasteiger partial charge in [-0.3, -0.25) is 9.59 Å². The molecule has 0 aliphatic heterocycles. The number of unbranched alkanes of at least 4 members (excludes halogenated alkanes) is 3. The molecule has 0 rings (SSSR count). The largest absolute Gasteiger partial charge is 0.345 e. The third kappa shape index (κ3) is 10.1. The topological polar surface area (TPSA) is 58.2 Å². The molecule has 0 heterocycles. The summed E-state index contributed by atoms with van der Waals surface area (Å²) < 4.78 is 0. The lowest BCUT2D eigenvalue weighted by molar-refractivity contribution is -0.130. The summed E-state index contributed by atoms with van der Waals surface area (Å²) in [6.45, 7) is 9.99. The van der Waals surface area contributed by atoms with Gasteiger partial charge in [0.2, 0.25) is 5.91 Å². The molecule has 0 aromatic carbocycles. The van der Waals surface area contributed by atoms with Crippen LogP contribution in [0.5, 0.6) is 0 Å². The number of carbonyl (C=O) groups excluding carboxylic acids is 2. The summed E-state index contributed by atoms with van der Waals surface area (Å²) >= 11 is 0. The van der Waals surface area contributed by atoms with Gasteiger partial charge in [-0.25, -0.2) is 0 Å². The predicted molar refractivity (Wildman–Crippen MR) is 102 cm³/mol. The van der Waals surface area contributed by atoms with Crippen LogP contribution >= 0.6 is 0 Å². The van der Waals surface area contributed by atoms with Gasteiger partial charge in [0, 0.05) is 12.0 Å². The molecule has 0 aliphatic rings. The van der Waals surface area contributed by atoms with Crippen LogP contribution in [0.4, 0.5) is 0 Å². The van der Waals surface area contributed by atoms with Crippen LogP contribution in [-0.4, -0.2) is 37.7 Å². The lowest BCUT2D eigenvalue weighted by Gasteiger charge is -2.25. The molecular formula is C19H37BN2O2. The Morgan fingerprint density at radius 2 is 1.50 bits per heavy atom. The molecule has 0 fully saturated rings. The Bertz CT molecular complexity index is 359. The van der Waals surface area contributed by atoms with Gasteiger partial charge in [-0.15, -0.1) is 0 Å². The van der Waals surface area contributed by atoms with Gasteiger partial charge in [-0.1, -0.05) is 73.0 Å². The van der Waals surface area contributed by atoms with E-state index in [-0.39, 0.29) is 35.7 Å². The molecule has 2 N–H and O–H groups in total. The van der Waals surface area contributed by atoms with E-state index in [9.17, 15) is 9.59 Å². The van der Waals surface area contributed by atoms with Crippen molar-refractivity contribution in [1.29, 1.82) is 0 Å². The van der Waals surface area contributed by atoms with Gasteiger partial charge in [0.1, 0.15) is 0 Å². The number of hydrogen-bond acceptors (Lipinski definition) is 3. The fourth-order valence-corrected chi connectivity index (χ4v) is 2.74. The Balaban J connectivity index is 4.82. The van der Waals surface area contributed by atoms with Crippen LogP contribution in [0.1, 0.15) is 79.6 Å². The van der Waals surface area contributed by atoms with Gasteiger partial charge in [0.25, 0.3) is 0 Å². The molecular weight excluding hydrogens is 299 g/mol. The zero-order chi connectivity index (χ0) is 18.5. The minimum atomic E-state index is -0.366. The predicted octanol–water partition coefficient (Wildman–Crippen LogP) is 3.40. The molecule has 2 radical (unpaired) electrons. The van der Waals surface area contributed by atoms with Crippen molar-refractivity contribution in [2.45, 2.75) is 104 Å². The molecule has 4 nitrogen and oxygen atoms in total. The molecule has 5 heteroatoms. The first kappa shape index (κ1) is 23.2. The standard InChI is InChI=1S/C19H37BN2O2/c1-6-7-8-11-16(18(23)14(2)3)22-19(24)17(21-15(4)5)12-9-10-13-20/h14-17,21H,6-13H2,1-5H3,(H,22,24). The molecule has 1 amide bonds. The van der Waals surface area contributed by atoms with E-state index in [4.69, 9.17) is 7.85 Å². The zero-order valence-electron chi connectivity index (χ0n) is 16.4. The molecule has 0 spiro atoms. The smallest absolute Gasteiger partial charge is 0.237 e. The van der Waals surface area contributed by atoms with Gasteiger partial charge < -0.3 is 10.6 Å². The van der Waals surface area contributed by atoms with E-state index in [1.807, 2.05) is 27.7 Å². The van der Waals surface area contributed by atoms with Crippen LogP contribution in [0, 0.1) is 5.92 Å². The summed E-state index contributed by atoms with van der Waals surface area (Å²) in [5, 5.41) is 6.32. The molecule has 24 heavy (non-hydrogen) atoms. The number of Topliss-reactive ketones (excluding diaryl/α,β-unsaturated/α-hetero) is 1. The average molecular weight is 336 g/mol. The summed E-state index contributed by atoms with van der Waals surface area (Å²) in [6, 6.07) is -0.404. The first-order chi connectivity index (χ1) is 11.3. The van der Waals surface area contributed by atoms with Crippen molar-refractivity contribution in [3.63, 3.8) is 0 Å². The average Bonchev–Trinajstić information content (AvgIpc) is 2.52. The first-order valence-corrected chi connectivity index (χ1v) is 9.63. The van der Waals surface area contributed by atoms with Crippen LogP contribution in [-0.2, 0) is 9.59 Å². The Kier molecular flexibility index (Phi) is 13.0. The molecule has 2 unspecified atom stereocenters. The summed E-state index contributed by atoms with van der Waals surface area (Å²) in [5.41, 5.74) is 0. The van der Waals surface area contributed by atoms with Crippen LogP contribution in [0.25, 0.3) is 0 Å². The minimum absolute atomic E-state index is 0.0591. The Hall–Kier alpha value is -0.835. The Labute approximate surface area is 150 Å². The Morgan fingerprint density at radius 3 is 2.00 bits per heavy atom. The molecule has 0 aromatic heterocycles. The van der Waals surface area contributed by atoms with Crippen molar-refractivity contribution in [3.8, 4) is 0 Å². The summed E-state index contributed by atoms with van der Waals surface area (Å²) in [7, 11) is 5.55. The normalized spacial score (nSPS) is 14.0. The monoisotopic (exact) mass is 336 g/mol. The van der Waals surface area contributed by atoms with Crippen LogP contribution in [0.15, 0.2) is 0 Å². The minimum Gasteiger partial charge on any atom is -0.345 e. The maximum absolute atomic E-state index is 12.7. The maximum Gasteiger partial charge on any atom is 0.237 e. The van der Waals surface area contributed by atoms with Crippen LogP contribution in [0.3, 0.4) is 0 Å². The third-order valence-corrected chi connectivity index (χ3v) is 4.12. The van der Waals surface area contributed by atoms with Gasteiger partial charge in [0.05, 0.1) is 19.9 Å². The van der Waals surface area contributed by atoms with E-state index in [2.05, 4.69) is 17.6 Å². The van der Waals surface area contributed by atoms with Crippen molar-refractivity contribution < 1.29 is 9.59 Å². The van der Waals surface area contributed by atoms with Crippen molar-refractivity contribution in [3.05, 3.63) is 0 Å². The fourth-order valence-electron chi connectivity index (χ4n) is 2.74. The quantitative estimate of drug-likeness (QED) is 0.378. The number of nitrogens with one attached hydrogen (secondary N) is 2. The molecule has 0 aliphatic carbocycles. The number of rotatable bonds is 14. The number of hydrogen-bond donors (Lipinski definition) is 2. The molecule has 0 bridgehead atoms. The fraction of sp³-hybridized carbons (Fsp3) is 0.895. The van der Waals surface area contributed by atoms with E-state index in [1.54, 1.807) is 0 Å². The number of amides is 1. The highest BCUT2D eigenvalue weighted by molar-refractivity contribution is 6.08. The molecule has 2 atom stereocenters. The van der Waals surface area contributed by atoms with Crippen molar-refractivity contribution in [2.75, 3.05) is 0 Å². The highest BCUT2D eigenvalue weighted by atomic mass is 16.2. The Morgan fingerprint density at radius 1 is 0.917 bits per heavy atom. The third-order valence-electron chi connectivity index (χ3n) is 4.12. The summed E-state index contributed by atoms with van der Waals surface area (Å²) in [4.78, 5) is 25.1. The van der Waals surface area contributed by atoms with E-state index >= 15 is 0 Å². The van der Waals surface area contributed by atoms with E-state index in [0.29, 0.717) is 6.32 Å². The molecule has 0 saturated heterocycles. The second kappa shape index (κ2) is 13.5. The first-order valence-electron chi connectivity index (χ1n) is 9.63. The SMILES string of the molecule is [B]CCCCC(NC(C)C)C(=O)NC(CCCCC)C(=O)C(C)C. The van der Waals surface area contributed by atoms with Gasteiger partial charge in [-0.05, 0) is 12.8 Å². The molecule has 0 saturated carbocycles. The summed E-state index contributed by atoms with van der Waals surface area (Å²) in [6.07, 6.45) is 7.10. The maximum atomic E-state index is 12.7. The lowest BCUT2D eigenvalue weighted by atomic mass is 9.95. The number of ketones is 1. The highest BCUT2D eigenvalue weighted by Crippen LogP contribution is 2.11. The van der Waals surface area contributed by atoms with E-state index in [0.717, 1.165) is 44.9 Å². The van der Waals surface area contributed by atoms with Crippen molar-refractivity contribution in [2.24, 2.45) is 5.92 Å². The van der Waals surface area contributed by atoms with Crippen LogP contribution in [0.2, 0.25) is 6.32 Å². The van der Waals surface area contributed by atoms with Crippen LogP contribution < -0.4 is 10.6 Å². The van der Waals surface area contributed by atoms with E-state index < -0.39 is 0 Å². The summed E-state index contributed by atoms with van der Waals surface area (Å²) in [5.74, 6) is 0.00611. The second-order valence-corrected chi connectivity index (χ2v) is 7.27. The van der Waals surface area contributed by atoms with E-state index in [1.165, 1.54) is 0 Å². The number of carbonyl (C=O) groups is 2. The molecule has 138 valence electrons. The van der Waals surface area contributed by atoms with Gasteiger partial charge >= 0.3 is 0 Å². The highest BCUT2D eigenvalue weighted by Gasteiger charge is 2.26. The second-order valence-electron chi connectivity index (χ2n) is 7.27.